The molecule has 0 saturated carbocycles. The Balaban J connectivity index is 1.34. The Morgan fingerprint density at radius 3 is 2.75 bits per heavy atom. The molecule has 1 N–H and O–H groups in total. The number of hydrogen-bond donors (Lipinski definition) is 1. The molecule has 1 aliphatic heterocycles. The van der Waals surface area contributed by atoms with Gasteiger partial charge in [0.15, 0.2) is 0 Å². The summed E-state index contributed by atoms with van der Waals surface area (Å²) >= 11 is 0. The third kappa shape index (κ3) is 3.83. The Kier molecular flexibility index (Phi) is 5.23. The van der Waals surface area contributed by atoms with E-state index in [0.717, 1.165) is 29.4 Å². The first-order valence-electron chi connectivity index (χ1n) is 9.38. The molecule has 1 aliphatic rings. The summed E-state index contributed by atoms with van der Waals surface area (Å²) in [5.74, 6) is -0.128. The number of carbonyl (C=O) groups excluding carboxylic acids is 2. The number of fused-ring (bicyclic) bond motifs is 1. The van der Waals surface area contributed by atoms with Crippen LogP contribution in [0.25, 0.3) is 11.0 Å². The topological polar surface area (TPSA) is 76.5 Å². The normalized spacial score (nSPS) is 16.3. The summed E-state index contributed by atoms with van der Waals surface area (Å²) in [6.45, 7) is 0.752. The van der Waals surface area contributed by atoms with Gasteiger partial charge >= 0.3 is 6.09 Å². The lowest BCUT2D eigenvalue weighted by Crippen LogP contribution is -2.41. The molecule has 1 unspecified atom stereocenters. The number of benzene rings is 2. The van der Waals surface area contributed by atoms with E-state index in [1.165, 1.54) is 0 Å². The molecule has 0 aliphatic carbocycles. The molecule has 144 valence electrons. The van der Waals surface area contributed by atoms with E-state index in [-0.39, 0.29) is 25.2 Å². The van der Waals surface area contributed by atoms with Crippen molar-refractivity contribution >= 4 is 23.0 Å². The zero-order valence-electron chi connectivity index (χ0n) is 15.5. The van der Waals surface area contributed by atoms with Gasteiger partial charge in [0.2, 0.25) is 5.91 Å². The lowest BCUT2D eigenvalue weighted by molar-refractivity contribution is -0.132. The van der Waals surface area contributed by atoms with Gasteiger partial charge in [-0.25, -0.2) is 9.78 Å². The average Bonchev–Trinajstić information content (AvgIpc) is 3.38. The summed E-state index contributed by atoms with van der Waals surface area (Å²) in [4.78, 5) is 30.8. The number of carbonyl (C=O) groups is 2. The first kappa shape index (κ1) is 18.0. The zero-order chi connectivity index (χ0) is 19.3. The molecule has 1 aromatic heterocycles. The number of ether oxygens (including phenoxy) is 1. The van der Waals surface area contributed by atoms with Crippen LogP contribution in [0.4, 0.5) is 4.79 Å². The van der Waals surface area contributed by atoms with E-state index in [2.05, 4.69) is 10.3 Å². The highest BCUT2D eigenvalue weighted by atomic mass is 16.5. The number of nitrogens with zero attached hydrogens (tertiary/aromatic N) is 3. The number of hydrogen-bond acceptors (Lipinski definition) is 4. The summed E-state index contributed by atoms with van der Waals surface area (Å²) in [5.41, 5.74) is 2.81. The average molecular weight is 378 g/mol. The fourth-order valence-electron chi connectivity index (χ4n) is 3.57. The predicted octanol–water partition coefficient (Wildman–Crippen LogP) is 3.08. The first-order valence-corrected chi connectivity index (χ1v) is 9.38. The number of alkyl carbamates (subject to hydrolysis) is 1. The lowest BCUT2D eigenvalue weighted by atomic mass is 10.2. The van der Waals surface area contributed by atoms with Crippen LogP contribution in [0.5, 0.6) is 0 Å². The van der Waals surface area contributed by atoms with E-state index < -0.39 is 6.09 Å². The van der Waals surface area contributed by atoms with E-state index in [1.54, 1.807) is 11.2 Å². The van der Waals surface area contributed by atoms with Gasteiger partial charge in [0.1, 0.15) is 19.3 Å². The molecule has 2 amide bonds. The van der Waals surface area contributed by atoms with E-state index in [4.69, 9.17) is 4.74 Å². The highest BCUT2D eigenvalue weighted by molar-refractivity contribution is 5.83. The molecule has 0 spiro atoms. The van der Waals surface area contributed by atoms with Gasteiger partial charge in [-0.1, -0.05) is 42.5 Å². The number of imidazole rings is 1. The third-order valence-corrected chi connectivity index (χ3v) is 4.94. The number of rotatable bonds is 5. The number of amides is 2. The number of para-hydroxylation sites is 2. The molecule has 0 radical (unpaired) electrons. The van der Waals surface area contributed by atoms with Crippen molar-refractivity contribution in [2.75, 3.05) is 13.1 Å². The van der Waals surface area contributed by atoms with Gasteiger partial charge in [-0.05, 0) is 30.5 Å². The van der Waals surface area contributed by atoms with Crippen LogP contribution >= 0.6 is 0 Å². The maximum absolute atomic E-state index is 12.7. The van der Waals surface area contributed by atoms with Gasteiger partial charge in [0, 0.05) is 6.54 Å². The van der Waals surface area contributed by atoms with Crippen molar-refractivity contribution in [3.8, 4) is 0 Å². The third-order valence-electron chi connectivity index (χ3n) is 4.94. The molecule has 1 saturated heterocycles. The van der Waals surface area contributed by atoms with Crippen molar-refractivity contribution in [2.24, 2.45) is 0 Å². The van der Waals surface area contributed by atoms with Crippen molar-refractivity contribution in [3.05, 3.63) is 66.5 Å². The molecular weight excluding hydrogens is 356 g/mol. The van der Waals surface area contributed by atoms with E-state index >= 15 is 0 Å². The van der Waals surface area contributed by atoms with Crippen molar-refractivity contribution in [2.45, 2.75) is 25.6 Å². The minimum Gasteiger partial charge on any atom is -0.445 e. The van der Waals surface area contributed by atoms with Crippen LogP contribution in [0, 0.1) is 0 Å². The van der Waals surface area contributed by atoms with Crippen molar-refractivity contribution < 1.29 is 14.3 Å². The molecule has 0 bridgehead atoms. The van der Waals surface area contributed by atoms with E-state index in [0.29, 0.717) is 6.54 Å². The van der Waals surface area contributed by atoms with Crippen LogP contribution in [0.2, 0.25) is 0 Å². The molecule has 1 fully saturated rings. The molecule has 4 rings (SSSR count). The van der Waals surface area contributed by atoms with Gasteiger partial charge in [-0.3, -0.25) is 4.79 Å². The number of aromatic nitrogens is 2. The maximum Gasteiger partial charge on any atom is 0.407 e. The van der Waals surface area contributed by atoms with Crippen LogP contribution in [0.15, 0.2) is 60.9 Å². The summed E-state index contributed by atoms with van der Waals surface area (Å²) in [6, 6.07) is 17.3. The van der Waals surface area contributed by atoms with Gasteiger partial charge in [0.25, 0.3) is 0 Å². The minimum atomic E-state index is -0.596. The predicted molar refractivity (Wildman–Crippen MR) is 104 cm³/mol. The van der Waals surface area contributed by atoms with E-state index in [9.17, 15) is 9.59 Å². The van der Waals surface area contributed by atoms with Crippen LogP contribution < -0.4 is 5.32 Å². The molecular formula is C21H22N4O3. The Morgan fingerprint density at radius 1 is 1.11 bits per heavy atom. The van der Waals surface area contributed by atoms with Crippen molar-refractivity contribution in [1.82, 2.24) is 19.8 Å². The zero-order valence-corrected chi connectivity index (χ0v) is 15.5. The summed E-state index contributed by atoms with van der Waals surface area (Å²) in [6.07, 6.45) is 2.89. The molecule has 1 atom stereocenters. The summed E-state index contributed by atoms with van der Waals surface area (Å²) < 4.78 is 7.20. The second-order valence-corrected chi connectivity index (χ2v) is 6.77. The minimum absolute atomic E-state index is 0.0814. The number of likely N-dealkylation sites (tertiary alicyclic amines) is 1. The first-order chi connectivity index (χ1) is 13.7. The smallest absolute Gasteiger partial charge is 0.407 e. The van der Waals surface area contributed by atoms with Crippen molar-refractivity contribution in [3.63, 3.8) is 0 Å². The highest BCUT2D eigenvalue weighted by Gasteiger charge is 2.30. The quantitative estimate of drug-likeness (QED) is 0.740. The summed E-state index contributed by atoms with van der Waals surface area (Å²) in [5, 5.41) is 2.56. The Bertz CT molecular complexity index is 970. The highest BCUT2D eigenvalue weighted by Crippen LogP contribution is 2.29. The maximum atomic E-state index is 12.7. The molecule has 7 nitrogen and oxygen atoms in total. The largest absolute Gasteiger partial charge is 0.445 e. The van der Waals surface area contributed by atoms with Crippen molar-refractivity contribution in [1.29, 1.82) is 0 Å². The lowest BCUT2D eigenvalue weighted by Gasteiger charge is -2.26. The number of nitrogens with one attached hydrogen (secondary N) is 1. The summed E-state index contributed by atoms with van der Waals surface area (Å²) in [7, 11) is 0. The van der Waals surface area contributed by atoms with E-state index in [1.807, 2.05) is 59.2 Å². The fourth-order valence-corrected chi connectivity index (χ4v) is 3.57. The molecule has 28 heavy (non-hydrogen) atoms. The Labute approximate surface area is 162 Å². The second kappa shape index (κ2) is 8.12. The second-order valence-electron chi connectivity index (χ2n) is 6.77. The molecule has 3 aromatic rings. The van der Waals surface area contributed by atoms with Crippen LogP contribution in [-0.4, -0.2) is 39.5 Å². The van der Waals surface area contributed by atoms with Gasteiger partial charge in [-0.2, -0.15) is 0 Å². The molecule has 2 heterocycles. The monoisotopic (exact) mass is 378 g/mol. The standard InChI is InChI=1S/C21H22N4O3/c26-20(13-22-21(27)28-14-16-7-2-1-3-8-16)24-12-6-11-19(24)25-15-23-17-9-4-5-10-18(17)25/h1-5,7-10,15,19H,6,11-14H2,(H,22,27). The SMILES string of the molecule is O=C(NCC(=O)N1CCCC1n1cnc2ccccc21)OCc1ccccc1. The van der Waals surface area contributed by atoms with Gasteiger partial charge < -0.3 is 19.5 Å². The van der Waals surface area contributed by atoms with Crippen LogP contribution in [-0.2, 0) is 16.1 Å². The Morgan fingerprint density at radius 2 is 1.89 bits per heavy atom. The van der Waals surface area contributed by atoms with Crippen LogP contribution in [0.3, 0.4) is 0 Å². The van der Waals surface area contributed by atoms with Gasteiger partial charge in [-0.15, -0.1) is 0 Å². The molecule has 7 heteroatoms. The Hall–Kier alpha value is -3.35. The van der Waals surface area contributed by atoms with Gasteiger partial charge in [0.05, 0.1) is 17.4 Å². The fraction of sp³-hybridized carbons (Fsp3) is 0.286. The van der Waals surface area contributed by atoms with Crippen LogP contribution in [0.1, 0.15) is 24.6 Å². The molecule has 2 aromatic carbocycles.